The number of likely N-dealkylation sites (tertiary alicyclic amines) is 1. The van der Waals surface area contributed by atoms with Gasteiger partial charge in [0.1, 0.15) is 0 Å². The van der Waals surface area contributed by atoms with Gasteiger partial charge in [-0.1, -0.05) is 30.7 Å². The van der Waals surface area contributed by atoms with Crippen LogP contribution in [0.5, 0.6) is 0 Å². The molecular weight excluding hydrogens is 262 g/mol. The number of hydrogen-bond acceptors (Lipinski definition) is 2. The predicted octanol–water partition coefficient (Wildman–Crippen LogP) is 3.22. The number of aliphatic carboxylic acids is 1. The maximum Gasteiger partial charge on any atom is 0.304 e. The average molecular weight is 287 g/mol. The van der Waals surface area contributed by atoms with Crippen molar-refractivity contribution in [1.82, 2.24) is 4.90 Å². The minimum absolute atomic E-state index is 0.0583. The molecular formula is C18H25NO2. The largest absolute Gasteiger partial charge is 0.481 e. The van der Waals surface area contributed by atoms with E-state index in [0.717, 1.165) is 25.8 Å². The molecule has 2 fully saturated rings. The van der Waals surface area contributed by atoms with Gasteiger partial charge in [0.25, 0.3) is 0 Å². The van der Waals surface area contributed by atoms with Crippen LogP contribution in [0.3, 0.4) is 0 Å². The third-order valence-electron chi connectivity index (χ3n) is 5.07. The first-order valence-corrected chi connectivity index (χ1v) is 8.22. The van der Waals surface area contributed by atoms with Gasteiger partial charge in [0.15, 0.2) is 0 Å². The van der Waals surface area contributed by atoms with E-state index in [2.05, 4.69) is 29.2 Å². The lowest BCUT2D eigenvalue weighted by Crippen LogP contribution is -2.31. The Bertz CT molecular complexity index is 484. The lowest BCUT2D eigenvalue weighted by atomic mass is 9.91. The summed E-state index contributed by atoms with van der Waals surface area (Å²) in [4.78, 5) is 13.5. The van der Waals surface area contributed by atoms with Crippen LogP contribution in [-0.4, -0.2) is 35.6 Å². The molecule has 21 heavy (non-hydrogen) atoms. The summed E-state index contributed by atoms with van der Waals surface area (Å²) in [6.45, 7) is 3.65. The summed E-state index contributed by atoms with van der Waals surface area (Å²) in [5.74, 6) is -0.679. The van der Waals surface area contributed by atoms with E-state index in [-0.39, 0.29) is 11.8 Å². The molecule has 1 aliphatic heterocycles. The fourth-order valence-electron chi connectivity index (χ4n) is 3.50. The molecule has 0 atom stereocenters. The zero-order valence-electron chi connectivity index (χ0n) is 12.7. The van der Waals surface area contributed by atoms with Crippen LogP contribution < -0.4 is 0 Å². The van der Waals surface area contributed by atoms with Gasteiger partial charge in [-0.05, 0) is 56.3 Å². The number of rotatable bonds is 6. The number of nitrogens with zero attached hydrogens (tertiary/aromatic N) is 1. The molecule has 1 saturated heterocycles. The molecule has 0 spiro atoms. The number of carboxylic acids is 1. The second kappa shape index (κ2) is 6.18. The molecule has 1 N–H and O–H groups in total. The first kappa shape index (κ1) is 14.6. The highest BCUT2D eigenvalue weighted by molar-refractivity contribution is 5.70. The van der Waals surface area contributed by atoms with Crippen LogP contribution in [0.15, 0.2) is 24.3 Å². The first-order chi connectivity index (χ1) is 10.2. The van der Waals surface area contributed by atoms with Crippen molar-refractivity contribution in [2.75, 3.05) is 19.6 Å². The second-order valence-corrected chi connectivity index (χ2v) is 6.70. The van der Waals surface area contributed by atoms with E-state index in [9.17, 15) is 4.79 Å². The highest BCUT2D eigenvalue weighted by atomic mass is 16.4. The van der Waals surface area contributed by atoms with Gasteiger partial charge in [-0.3, -0.25) is 4.79 Å². The highest BCUT2D eigenvalue weighted by Crippen LogP contribution is 2.50. The van der Waals surface area contributed by atoms with Crippen molar-refractivity contribution < 1.29 is 9.90 Å². The van der Waals surface area contributed by atoms with Gasteiger partial charge in [-0.2, -0.15) is 0 Å². The van der Waals surface area contributed by atoms with E-state index >= 15 is 0 Å². The SMILES string of the molecule is O=C(O)CC1(c2ccc(CCN3CCCCC3)cc2)CC1. The van der Waals surface area contributed by atoms with Crippen LogP contribution in [0.25, 0.3) is 0 Å². The van der Waals surface area contributed by atoms with Crippen LogP contribution in [0.4, 0.5) is 0 Å². The van der Waals surface area contributed by atoms with E-state index in [1.165, 1.54) is 43.5 Å². The van der Waals surface area contributed by atoms with Crippen LogP contribution in [0, 0.1) is 0 Å². The van der Waals surface area contributed by atoms with E-state index in [4.69, 9.17) is 5.11 Å². The van der Waals surface area contributed by atoms with Crippen LogP contribution >= 0.6 is 0 Å². The predicted molar refractivity (Wildman–Crippen MR) is 83.6 cm³/mol. The molecule has 0 aromatic heterocycles. The van der Waals surface area contributed by atoms with Crippen LogP contribution in [0.1, 0.15) is 49.7 Å². The van der Waals surface area contributed by atoms with Crippen LogP contribution in [0.2, 0.25) is 0 Å². The lowest BCUT2D eigenvalue weighted by Gasteiger charge is -2.26. The number of hydrogen-bond donors (Lipinski definition) is 1. The van der Waals surface area contributed by atoms with Gasteiger partial charge in [0, 0.05) is 12.0 Å². The molecule has 0 amide bonds. The van der Waals surface area contributed by atoms with E-state index in [1.807, 2.05) is 0 Å². The van der Waals surface area contributed by atoms with Crippen molar-refractivity contribution in [3.05, 3.63) is 35.4 Å². The van der Waals surface area contributed by atoms with E-state index < -0.39 is 5.97 Å². The number of benzene rings is 1. The summed E-state index contributed by atoms with van der Waals surface area (Å²) >= 11 is 0. The van der Waals surface area contributed by atoms with Crippen molar-refractivity contribution in [2.45, 2.75) is 50.4 Å². The van der Waals surface area contributed by atoms with Crippen molar-refractivity contribution in [1.29, 1.82) is 0 Å². The monoisotopic (exact) mass is 287 g/mol. The maximum absolute atomic E-state index is 11.0. The Labute approximate surface area is 127 Å². The summed E-state index contributed by atoms with van der Waals surface area (Å²) in [5.41, 5.74) is 2.53. The van der Waals surface area contributed by atoms with Gasteiger partial charge in [-0.25, -0.2) is 0 Å². The molecule has 1 aromatic rings. The molecule has 1 aliphatic carbocycles. The zero-order valence-corrected chi connectivity index (χ0v) is 12.7. The van der Waals surface area contributed by atoms with Crippen molar-refractivity contribution >= 4 is 5.97 Å². The van der Waals surface area contributed by atoms with Gasteiger partial charge in [-0.15, -0.1) is 0 Å². The summed E-state index contributed by atoms with van der Waals surface area (Å²) < 4.78 is 0. The Morgan fingerprint density at radius 3 is 2.33 bits per heavy atom. The van der Waals surface area contributed by atoms with Crippen molar-refractivity contribution in [3.8, 4) is 0 Å². The molecule has 0 bridgehead atoms. The third-order valence-corrected chi connectivity index (χ3v) is 5.07. The van der Waals surface area contributed by atoms with Gasteiger partial charge < -0.3 is 10.0 Å². The molecule has 0 unspecified atom stereocenters. The highest BCUT2D eigenvalue weighted by Gasteiger charge is 2.45. The fourth-order valence-corrected chi connectivity index (χ4v) is 3.50. The maximum atomic E-state index is 11.0. The third kappa shape index (κ3) is 3.65. The molecule has 114 valence electrons. The molecule has 1 saturated carbocycles. The Hall–Kier alpha value is -1.35. The molecule has 2 aliphatic rings. The smallest absolute Gasteiger partial charge is 0.304 e. The molecule has 1 aromatic carbocycles. The van der Waals surface area contributed by atoms with E-state index in [0.29, 0.717) is 0 Å². The average Bonchev–Trinajstić information content (AvgIpc) is 3.27. The number of piperidine rings is 1. The van der Waals surface area contributed by atoms with Gasteiger partial charge >= 0.3 is 5.97 Å². The zero-order chi connectivity index (χ0) is 14.7. The van der Waals surface area contributed by atoms with Gasteiger partial charge in [0.05, 0.1) is 6.42 Å². The molecule has 3 nitrogen and oxygen atoms in total. The summed E-state index contributed by atoms with van der Waals surface area (Å²) in [6, 6.07) is 8.70. The summed E-state index contributed by atoms with van der Waals surface area (Å²) in [7, 11) is 0. The molecule has 3 heteroatoms. The number of carboxylic acid groups (broad SMARTS) is 1. The second-order valence-electron chi connectivity index (χ2n) is 6.70. The van der Waals surface area contributed by atoms with Crippen LogP contribution in [-0.2, 0) is 16.6 Å². The standard InChI is InChI=1S/C18H25NO2/c20-17(21)14-18(9-10-18)16-6-4-15(5-7-16)8-13-19-11-2-1-3-12-19/h4-7H,1-3,8-14H2,(H,20,21). The first-order valence-electron chi connectivity index (χ1n) is 8.22. The molecule has 3 rings (SSSR count). The molecule has 1 heterocycles. The lowest BCUT2D eigenvalue weighted by molar-refractivity contribution is -0.137. The Morgan fingerprint density at radius 1 is 1.10 bits per heavy atom. The van der Waals surface area contributed by atoms with E-state index in [1.54, 1.807) is 0 Å². The summed E-state index contributed by atoms with van der Waals surface area (Å²) in [6.07, 6.45) is 7.50. The fraction of sp³-hybridized carbons (Fsp3) is 0.611. The minimum Gasteiger partial charge on any atom is -0.481 e. The quantitative estimate of drug-likeness (QED) is 0.873. The Morgan fingerprint density at radius 2 is 1.76 bits per heavy atom. The van der Waals surface area contributed by atoms with Crippen molar-refractivity contribution in [2.24, 2.45) is 0 Å². The van der Waals surface area contributed by atoms with Gasteiger partial charge in [0.2, 0.25) is 0 Å². The molecule has 0 radical (unpaired) electrons. The summed E-state index contributed by atoms with van der Waals surface area (Å²) in [5, 5.41) is 9.03. The Balaban J connectivity index is 1.55. The topological polar surface area (TPSA) is 40.5 Å². The number of carbonyl (C=O) groups is 1. The Kier molecular flexibility index (Phi) is 4.29. The minimum atomic E-state index is -0.679. The normalized spacial score (nSPS) is 21.1. The van der Waals surface area contributed by atoms with Crippen molar-refractivity contribution in [3.63, 3.8) is 0 Å².